The highest BCUT2D eigenvalue weighted by Gasteiger charge is 2.37. The Morgan fingerprint density at radius 3 is 2.56 bits per heavy atom. The number of allylic oxidation sites excluding steroid dienone is 2. The number of hydrogen-bond acceptors (Lipinski definition) is 6. The van der Waals surface area contributed by atoms with E-state index in [1.165, 1.54) is 0 Å². The largest absolute Gasteiger partial charge is 0.496 e. The highest BCUT2D eigenvalue weighted by molar-refractivity contribution is 5.92. The Morgan fingerprint density at radius 2 is 2.00 bits per heavy atom. The first-order valence-corrected chi connectivity index (χ1v) is 7.96. The summed E-state index contributed by atoms with van der Waals surface area (Å²) < 4.78 is 15.9. The number of nitriles is 1. The summed E-state index contributed by atoms with van der Waals surface area (Å²) in [5, 5.41) is 9.60. The number of ether oxygens (including phenoxy) is 3. The molecule has 0 saturated carbocycles. The highest BCUT2D eigenvalue weighted by atomic mass is 16.5. The lowest BCUT2D eigenvalue weighted by Gasteiger charge is -2.28. The van der Waals surface area contributed by atoms with Crippen molar-refractivity contribution in [3.8, 4) is 11.8 Å². The number of carbonyl (C=O) groups excluding carboxylic acids is 1. The van der Waals surface area contributed by atoms with E-state index in [1.54, 1.807) is 21.0 Å². The van der Waals surface area contributed by atoms with Crippen LogP contribution in [0.1, 0.15) is 36.5 Å². The molecule has 1 aromatic rings. The molecule has 132 valence electrons. The number of nitrogens with two attached hydrogens (primary N) is 1. The molecule has 0 amide bonds. The molecule has 2 rings (SSSR count). The molecule has 25 heavy (non-hydrogen) atoms. The van der Waals surface area contributed by atoms with E-state index in [4.69, 9.17) is 19.9 Å². The van der Waals surface area contributed by atoms with Crippen molar-refractivity contribution in [1.29, 1.82) is 5.26 Å². The van der Waals surface area contributed by atoms with Crippen molar-refractivity contribution < 1.29 is 19.0 Å². The molecule has 1 aliphatic heterocycles. The number of benzene rings is 1. The Balaban J connectivity index is 2.71. The van der Waals surface area contributed by atoms with Gasteiger partial charge < -0.3 is 19.9 Å². The van der Waals surface area contributed by atoms with Gasteiger partial charge in [0.1, 0.15) is 23.2 Å². The predicted molar refractivity (Wildman–Crippen MR) is 92.5 cm³/mol. The summed E-state index contributed by atoms with van der Waals surface area (Å²) in [4.78, 5) is 12.5. The predicted octanol–water partition coefficient (Wildman–Crippen LogP) is 2.96. The summed E-state index contributed by atoms with van der Waals surface area (Å²) in [6.07, 6.45) is 0. The minimum Gasteiger partial charge on any atom is -0.496 e. The summed E-state index contributed by atoms with van der Waals surface area (Å²) in [5.74, 6) is -0.0681. The Labute approximate surface area is 147 Å². The molecule has 0 unspecified atom stereocenters. The summed E-state index contributed by atoms with van der Waals surface area (Å²) in [6.45, 7) is 7.45. The van der Waals surface area contributed by atoms with Crippen molar-refractivity contribution in [1.82, 2.24) is 0 Å². The molecule has 0 aromatic heterocycles. The van der Waals surface area contributed by atoms with Crippen LogP contribution in [0.4, 0.5) is 0 Å². The maximum absolute atomic E-state index is 12.5. The quantitative estimate of drug-likeness (QED) is 0.845. The second-order valence-electron chi connectivity index (χ2n) is 5.72. The lowest BCUT2D eigenvalue weighted by Crippen LogP contribution is -2.26. The van der Waals surface area contributed by atoms with Crippen LogP contribution in [0.25, 0.3) is 0 Å². The summed E-state index contributed by atoms with van der Waals surface area (Å²) in [7, 11) is 1.60. The number of esters is 1. The molecule has 6 nitrogen and oxygen atoms in total. The first-order valence-electron chi connectivity index (χ1n) is 7.96. The third kappa shape index (κ3) is 3.18. The van der Waals surface area contributed by atoms with Crippen molar-refractivity contribution in [2.24, 2.45) is 5.73 Å². The Bertz CT molecular complexity index is 815. The average Bonchev–Trinajstić information content (AvgIpc) is 2.57. The first-order chi connectivity index (χ1) is 11.9. The molecule has 1 aromatic carbocycles. The molecular formula is C19H22N2O4. The molecule has 0 aliphatic carbocycles. The normalized spacial score (nSPS) is 17.0. The van der Waals surface area contributed by atoms with Crippen LogP contribution in [-0.2, 0) is 14.3 Å². The average molecular weight is 342 g/mol. The second-order valence-corrected chi connectivity index (χ2v) is 5.72. The van der Waals surface area contributed by atoms with E-state index >= 15 is 0 Å². The van der Waals surface area contributed by atoms with Crippen molar-refractivity contribution in [2.45, 2.75) is 33.6 Å². The van der Waals surface area contributed by atoms with E-state index in [9.17, 15) is 10.1 Å². The van der Waals surface area contributed by atoms with Crippen LogP contribution in [0.15, 0.2) is 34.9 Å². The fraction of sp³-hybridized carbons (Fsp3) is 0.368. The van der Waals surface area contributed by atoms with Crippen molar-refractivity contribution in [2.75, 3.05) is 13.7 Å². The van der Waals surface area contributed by atoms with Gasteiger partial charge in [-0.15, -0.1) is 0 Å². The van der Waals surface area contributed by atoms with Gasteiger partial charge in [0.2, 0.25) is 5.88 Å². The van der Waals surface area contributed by atoms with Gasteiger partial charge >= 0.3 is 5.97 Å². The van der Waals surface area contributed by atoms with Crippen LogP contribution < -0.4 is 10.5 Å². The molecule has 0 saturated heterocycles. The topological polar surface area (TPSA) is 94.6 Å². The van der Waals surface area contributed by atoms with E-state index in [0.29, 0.717) is 11.3 Å². The van der Waals surface area contributed by atoms with Gasteiger partial charge in [-0.3, -0.25) is 0 Å². The van der Waals surface area contributed by atoms with Gasteiger partial charge in [-0.05, 0) is 50.5 Å². The molecule has 0 radical (unpaired) electrons. The molecule has 0 bridgehead atoms. The van der Waals surface area contributed by atoms with Gasteiger partial charge in [0.25, 0.3) is 0 Å². The molecule has 0 spiro atoms. The zero-order valence-electron chi connectivity index (χ0n) is 15.1. The van der Waals surface area contributed by atoms with E-state index in [2.05, 4.69) is 6.07 Å². The molecule has 1 aliphatic rings. The van der Waals surface area contributed by atoms with Crippen LogP contribution in [-0.4, -0.2) is 19.7 Å². The highest BCUT2D eigenvalue weighted by Crippen LogP contribution is 2.42. The minimum absolute atomic E-state index is 0.00548. The molecular weight excluding hydrogens is 320 g/mol. The van der Waals surface area contributed by atoms with E-state index in [-0.39, 0.29) is 18.1 Å². The number of hydrogen-bond donors (Lipinski definition) is 1. The van der Waals surface area contributed by atoms with E-state index in [0.717, 1.165) is 22.4 Å². The van der Waals surface area contributed by atoms with Crippen LogP contribution >= 0.6 is 0 Å². The monoisotopic (exact) mass is 342 g/mol. The Hall–Kier alpha value is -2.94. The van der Waals surface area contributed by atoms with Gasteiger partial charge in [-0.1, -0.05) is 6.07 Å². The lowest BCUT2D eigenvalue weighted by molar-refractivity contribution is -0.139. The summed E-state index contributed by atoms with van der Waals surface area (Å²) in [5.41, 5.74) is 9.05. The van der Waals surface area contributed by atoms with E-state index in [1.807, 2.05) is 26.0 Å². The minimum atomic E-state index is -0.637. The SMILES string of the molecule is CCOC(=O)C1=C(C)OC(N)=C(C#N)[C@@H]1c1ccc(OC)c(C)c1C. The fourth-order valence-electron chi connectivity index (χ4n) is 3.02. The second kappa shape index (κ2) is 7.31. The van der Waals surface area contributed by atoms with Gasteiger partial charge in [-0.25, -0.2) is 4.79 Å². The van der Waals surface area contributed by atoms with Gasteiger partial charge in [0, 0.05) is 0 Å². The van der Waals surface area contributed by atoms with Gasteiger partial charge in [-0.2, -0.15) is 5.26 Å². The van der Waals surface area contributed by atoms with Crippen LogP contribution in [0, 0.1) is 25.2 Å². The van der Waals surface area contributed by atoms with E-state index < -0.39 is 11.9 Å². The number of carbonyl (C=O) groups is 1. The number of methoxy groups -OCH3 is 1. The first kappa shape index (κ1) is 18.4. The Morgan fingerprint density at radius 1 is 1.32 bits per heavy atom. The fourth-order valence-corrected chi connectivity index (χ4v) is 3.02. The Kier molecular flexibility index (Phi) is 5.38. The third-order valence-corrected chi connectivity index (χ3v) is 4.41. The van der Waals surface area contributed by atoms with Crippen LogP contribution in [0.5, 0.6) is 5.75 Å². The summed E-state index contributed by atoms with van der Waals surface area (Å²) in [6, 6.07) is 5.74. The third-order valence-electron chi connectivity index (χ3n) is 4.41. The molecule has 0 fully saturated rings. The van der Waals surface area contributed by atoms with Gasteiger partial charge in [0.05, 0.1) is 25.2 Å². The maximum atomic E-state index is 12.5. The van der Waals surface area contributed by atoms with Crippen molar-refractivity contribution in [3.63, 3.8) is 0 Å². The van der Waals surface area contributed by atoms with Crippen LogP contribution in [0.3, 0.4) is 0 Å². The maximum Gasteiger partial charge on any atom is 0.338 e. The van der Waals surface area contributed by atoms with Crippen LogP contribution in [0.2, 0.25) is 0 Å². The van der Waals surface area contributed by atoms with Crippen molar-refractivity contribution in [3.05, 3.63) is 51.6 Å². The molecule has 1 heterocycles. The van der Waals surface area contributed by atoms with Gasteiger partial charge in [0.15, 0.2) is 0 Å². The zero-order valence-corrected chi connectivity index (χ0v) is 15.1. The molecule has 2 N–H and O–H groups in total. The van der Waals surface area contributed by atoms with Crippen molar-refractivity contribution >= 4 is 5.97 Å². The molecule has 6 heteroatoms. The lowest BCUT2D eigenvalue weighted by atomic mass is 9.80. The number of nitrogens with zero attached hydrogens (tertiary/aromatic N) is 1. The summed E-state index contributed by atoms with van der Waals surface area (Å²) >= 11 is 0. The molecule has 1 atom stereocenters. The zero-order chi connectivity index (χ0) is 18.7. The smallest absolute Gasteiger partial charge is 0.338 e. The standard InChI is InChI=1S/C19H22N2O4/c1-6-24-19(22)16-12(4)25-18(21)14(9-20)17(16)13-7-8-15(23-5)11(3)10(13)2/h7-8,17H,6,21H2,1-5H3/t17-/m0/s1. The number of rotatable bonds is 4.